The second-order valence-electron chi connectivity index (χ2n) is 9.18. The molecule has 0 N–H and O–H groups in total. The maximum absolute atomic E-state index is 13.9. The summed E-state index contributed by atoms with van der Waals surface area (Å²) in [6, 6.07) is 9.13. The molecule has 0 aromatic heterocycles. The molecular weight excluding hydrogens is 490 g/mol. The molecule has 3 atom stereocenters. The Balaban J connectivity index is 1.87. The van der Waals surface area contributed by atoms with Crippen molar-refractivity contribution in [1.82, 2.24) is 0 Å². The van der Waals surface area contributed by atoms with Gasteiger partial charge in [0.15, 0.2) is 28.8 Å². The lowest BCUT2D eigenvalue weighted by atomic mass is 9.69. The molecule has 2 aromatic carbocycles. The molecular formula is C29H33NO8. The van der Waals surface area contributed by atoms with Crippen LogP contribution in [0, 0.1) is 5.92 Å². The topological polar surface area (TPSA) is 102 Å². The summed E-state index contributed by atoms with van der Waals surface area (Å²) in [6.45, 7) is 1.79. The van der Waals surface area contributed by atoms with Crippen LogP contribution in [0.1, 0.15) is 42.7 Å². The summed E-state index contributed by atoms with van der Waals surface area (Å²) in [7, 11) is 9.09. The Morgan fingerprint density at radius 3 is 2.00 bits per heavy atom. The average molecular weight is 524 g/mol. The molecule has 202 valence electrons. The van der Waals surface area contributed by atoms with Crippen molar-refractivity contribution in [1.29, 1.82) is 0 Å². The van der Waals surface area contributed by atoms with Crippen molar-refractivity contribution < 1.29 is 38.0 Å². The third kappa shape index (κ3) is 4.68. The maximum atomic E-state index is 13.9. The fraction of sp³-hybridized carbons (Fsp3) is 0.414. The first-order valence-electron chi connectivity index (χ1n) is 12.2. The molecule has 0 amide bonds. The molecule has 1 heterocycles. The smallest absolute Gasteiger partial charge is 0.315 e. The number of allylic oxidation sites excluding steroid dienone is 2. The van der Waals surface area contributed by atoms with Gasteiger partial charge in [0.2, 0.25) is 0 Å². The molecule has 38 heavy (non-hydrogen) atoms. The molecule has 0 fully saturated rings. The zero-order valence-corrected chi connectivity index (χ0v) is 22.7. The molecule has 1 aliphatic carbocycles. The van der Waals surface area contributed by atoms with E-state index in [2.05, 4.69) is 0 Å². The molecule has 9 nitrogen and oxygen atoms in total. The van der Waals surface area contributed by atoms with Gasteiger partial charge < -0.3 is 28.4 Å². The van der Waals surface area contributed by atoms with E-state index in [0.717, 1.165) is 5.56 Å². The molecule has 0 bridgehead atoms. The minimum atomic E-state index is -0.799. The van der Waals surface area contributed by atoms with E-state index in [4.69, 9.17) is 33.4 Å². The zero-order valence-electron chi connectivity index (χ0n) is 22.7. The number of nitrogens with zero attached hydrogens (tertiary/aromatic N) is 1. The predicted molar refractivity (Wildman–Crippen MR) is 141 cm³/mol. The van der Waals surface area contributed by atoms with E-state index in [0.29, 0.717) is 57.7 Å². The molecule has 2 aliphatic rings. The second kappa shape index (κ2) is 11.2. The predicted octanol–water partition coefficient (Wildman–Crippen LogP) is 4.48. The third-order valence-electron chi connectivity index (χ3n) is 7.29. The number of benzene rings is 2. The van der Waals surface area contributed by atoms with Gasteiger partial charge in [0.1, 0.15) is 11.7 Å². The zero-order chi connectivity index (χ0) is 27.6. The molecule has 4 rings (SSSR count). The van der Waals surface area contributed by atoms with E-state index in [1.54, 1.807) is 33.3 Å². The van der Waals surface area contributed by atoms with Gasteiger partial charge in [0, 0.05) is 41.0 Å². The third-order valence-corrected chi connectivity index (χ3v) is 7.29. The number of esters is 1. The molecule has 2 aromatic rings. The largest absolute Gasteiger partial charge is 0.496 e. The lowest BCUT2D eigenvalue weighted by molar-refractivity contribution is -0.143. The van der Waals surface area contributed by atoms with Crippen LogP contribution in [0.2, 0.25) is 0 Å². The highest BCUT2D eigenvalue weighted by Crippen LogP contribution is 2.51. The number of ether oxygens (including phenoxy) is 6. The average Bonchev–Trinajstić information content (AvgIpc) is 2.94. The van der Waals surface area contributed by atoms with Gasteiger partial charge in [-0.15, -0.1) is 0 Å². The summed E-state index contributed by atoms with van der Waals surface area (Å²) in [5.74, 6) is 0.481. The Morgan fingerprint density at radius 2 is 1.39 bits per heavy atom. The van der Waals surface area contributed by atoms with Gasteiger partial charge in [-0.1, -0.05) is 6.07 Å². The minimum Gasteiger partial charge on any atom is -0.496 e. The Bertz CT molecular complexity index is 1310. The minimum absolute atomic E-state index is 0.0852. The molecule has 1 aliphatic heterocycles. The lowest BCUT2D eigenvalue weighted by Crippen LogP contribution is -2.38. The van der Waals surface area contributed by atoms with E-state index in [1.165, 1.54) is 28.4 Å². The van der Waals surface area contributed by atoms with Crippen LogP contribution >= 0.6 is 0 Å². The molecule has 9 heteroatoms. The van der Waals surface area contributed by atoms with Crippen LogP contribution in [-0.2, 0) is 14.3 Å². The molecule has 0 spiro atoms. The Kier molecular flexibility index (Phi) is 7.94. The summed E-state index contributed by atoms with van der Waals surface area (Å²) in [6.07, 6.45) is 0.775. The van der Waals surface area contributed by atoms with E-state index in [-0.39, 0.29) is 18.1 Å². The molecule has 0 radical (unpaired) electrons. The van der Waals surface area contributed by atoms with E-state index < -0.39 is 17.8 Å². The number of ketones is 1. The fourth-order valence-corrected chi connectivity index (χ4v) is 5.47. The fourth-order valence-electron chi connectivity index (χ4n) is 5.47. The van der Waals surface area contributed by atoms with Crippen LogP contribution in [0.3, 0.4) is 0 Å². The lowest BCUT2D eigenvalue weighted by Gasteiger charge is -2.37. The van der Waals surface area contributed by atoms with Crippen molar-refractivity contribution in [3.8, 4) is 28.7 Å². The number of hydrogen-bond acceptors (Lipinski definition) is 9. The van der Waals surface area contributed by atoms with Crippen molar-refractivity contribution in [3.05, 3.63) is 52.7 Å². The number of Topliss-reactive ketones (excluding diaryl/α,β-unsaturated/α-hetero) is 1. The summed E-state index contributed by atoms with van der Waals surface area (Å²) in [4.78, 5) is 31.7. The monoisotopic (exact) mass is 523 g/mol. The highest BCUT2D eigenvalue weighted by molar-refractivity contribution is 6.09. The van der Waals surface area contributed by atoms with Crippen molar-refractivity contribution in [3.63, 3.8) is 0 Å². The van der Waals surface area contributed by atoms with Gasteiger partial charge in [-0.3, -0.25) is 14.6 Å². The maximum Gasteiger partial charge on any atom is 0.315 e. The quantitative estimate of drug-likeness (QED) is 0.467. The number of aliphatic imine (C=N–C) groups is 1. The standard InChI is InChI=1S/C29H33NO8/c1-15-26(29(32)38-7)27(18-13-24(36-5)25(37-6)14-22(18)34-3)28-19(30-15)10-17(11-20(28)31)16-8-9-21(33-2)23(12-16)35-4/h8-9,12-14,17,26-27H,10-11H2,1-7H3/t17-,26?,27-/m0/s1. The van der Waals surface area contributed by atoms with Crippen LogP contribution < -0.4 is 23.7 Å². The van der Waals surface area contributed by atoms with Crippen molar-refractivity contribution >= 4 is 17.5 Å². The number of carbonyl (C=O) groups excluding carboxylic acids is 2. The molecule has 0 saturated heterocycles. The van der Waals surface area contributed by atoms with Gasteiger partial charge in [0.05, 0.1) is 42.7 Å². The molecule has 0 saturated carbocycles. The van der Waals surface area contributed by atoms with Gasteiger partial charge in [-0.25, -0.2) is 0 Å². The van der Waals surface area contributed by atoms with Crippen LogP contribution in [0.25, 0.3) is 0 Å². The SMILES string of the molecule is COC(=O)C1C(C)=NC2=C(C(=O)C[C@@H](c3ccc(OC)c(OC)c3)C2)[C@H]1c1cc(OC)c(OC)cc1OC. The van der Waals surface area contributed by atoms with Crippen molar-refractivity contribution in [2.45, 2.75) is 31.6 Å². The van der Waals surface area contributed by atoms with Crippen LogP contribution in [0.4, 0.5) is 0 Å². The Hall–Kier alpha value is -4.01. The Morgan fingerprint density at radius 1 is 0.789 bits per heavy atom. The van der Waals surface area contributed by atoms with Gasteiger partial charge in [0.25, 0.3) is 0 Å². The summed E-state index contributed by atoms with van der Waals surface area (Å²) >= 11 is 0. The van der Waals surface area contributed by atoms with Gasteiger partial charge >= 0.3 is 5.97 Å². The number of hydrogen-bond donors (Lipinski definition) is 0. The van der Waals surface area contributed by atoms with Crippen LogP contribution in [0.15, 0.2) is 46.6 Å². The second-order valence-corrected chi connectivity index (χ2v) is 9.18. The highest BCUT2D eigenvalue weighted by atomic mass is 16.5. The Labute approximate surface area is 222 Å². The summed E-state index contributed by atoms with van der Waals surface area (Å²) in [5.41, 5.74) is 3.29. The summed E-state index contributed by atoms with van der Waals surface area (Å²) < 4.78 is 32.7. The van der Waals surface area contributed by atoms with E-state index >= 15 is 0 Å². The summed E-state index contributed by atoms with van der Waals surface area (Å²) in [5, 5.41) is 0. The normalized spacial score (nSPS) is 20.8. The van der Waals surface area contributed by atoms with Crippen molar-refractivity contribution in [2.75, 3.05) is 42.7 Å². The van der Waals surface area contributed by atoms with Crippen LogP contribution in [0.5, 0.6) is 28.7 Å². The first-order chi connectivity index (χ1) is 18.3. The van der Waals surface area contributed by atoms with Crippen molar-refractivity contribution in [2.24, 2.45) is 10.9 Å². The number of methoxy groups -OCH3 is 6. The van der Waals surface area contributed by atoms with E-state index in [9.17, 15) is 9.59 Å². The van der Waals surface area contributed by atoms with E-state index in [1.807, 2.05) is 18.2 Å². The van der Waals surface area contributed by atoms with Gasteiger partial charge in [-0.2, -0.15) is 0 Å². The van der Waals surface area contributed by atoms with Gasteiger partial charge in [-0.05, 0) is 43.0 Å². The first-order valence-corrected chi connectivity index (χ1v) is 12.2. The number of carbonyl (C=O) groups is 2. The van der Waals surface area contributed by atoms with Crippen LogP contribution in [-0.4, -0.2) is 60.1 Å². The molecule has 1 unspecified atom stereocenters. The highest BCUT2D eigenvalue weighted by Gasteiger charge is 2.46. The first kappa shape index (κ1) is 27.0. The number of rotatable bonds is 8.